The van der Waals surface area contributed by atoms with E-state index in [1.54, 1.807) is 12.1 Å². The third-order valence-electron chi connectivity index (χ3n) is 5.12. The van der Waals surface area contributed by atoms with Crippen molar-refractivity contribution in [2.75, 3.05) is 0 Å². The van der Waals surface area contributed by atoms with Crippen molar-refractivity contribution >= 4 is 22.8 Å². The fourth-order valence-corrected chi connectivity index (χ4v) is 3.66. The van der Waals surface area contributed by atoms with Gasteiger partial charge in [-0.05, 0) is 64.9 Å². The molecular formula is C27H22O4. The van der Waals surface area contributed by atoms with Crippen LogP contribution in [0.5, 0.6) is 17.2 Å². The van der Waals surface area contributed by atoms with Crippen LogP contribution in [0.15, 0.2) is 84.9 Å². The number of fused-ring (bicyclic) bond motifs is 1. The molecule has 0 bridgehead atoms. The Morgan fingerprint density at radius 3 is 2.39 bits per heavy atom. The molecule has 0 aliphatic heterocycles. The number of hydrogen-bond donors (Lipinski definition) is 2. The molecule has 4 aromatic carbocycles. The highest BCUT2D eigenvalue weighted by Gasteiger charge is 2.17. The summed E-state index contributed by atoms with van der Waals surface area (Å²) in [5, 5.41) is 20.6. The highest BCUT2D eigenvalue weighted by atomic mass is 16.5. The van der Waals surface area contributed by atoms with Gasteiger partial charge in [-0.15, -0.1) is 0 Å². The summed E-state index contributed by atoms with van der Waals surface area (Å²) in [6.45, 7) is 2.10. The van der Waals surface area contributed by atoms with Crippen LogP contribution in [0.3, 0.4) is 0 Å². The van der Waals surface area contributed by atoms with E-state index in [0.717, 1.165) is 51.3 Å². The molecule has 0 saturated heterocycles. The van der Waals surface area contributed by atoms with E-state index in [1.165, 1.54) is 6.08 Å². The molecule has 0 atom stereocenters. The van der Waals surface area contributed by atoms with Gasteiger partial charge in [-0.1, -0.05) is 55.5 Å². The second-order valence-corrected chi connectivity index (χ2v) is 7.21. The van der Waals surface area contributed by atoms with Crippen LogP contribution in [0.4, 0.5) is 0 Å². The van der Waals surface area contributed by atoms with E-state index in [-0.39, 0.29) is 5.75 Å². The van der Waals surface area contributed by atoms with Gasteiger partial charge in [0, 0.05) is 17.0 Å². The minimum Gasteiger partial charge on any atom is -0.508 e. The molecule has 4 nitrogen and oxygen atoms in total. The molecule has 0 radical (unpaired) electrons. The highest BCUT2D eigenvalue weighted by molar-refractivity contribution is 5.97. The number of phenolic OH excluding ortho intramolecular Hbond substituents is 1. The maximum absolute atomic E-state index is 10.7. The van der Waals surface area contributed by atoms with Crippen LogP contribution in [0, 0.1) is 0 Å². The molecule has 0 unspecified atom stereocenters. The van der Waals surface area contributed by atoms with Crippen LogP contribution in [-0.4, -0.2) is 16.2 Å². The molecule has 0 spiro atoms. The molecule has 31 heavy (non-hydrogen) atoms. The summed E-state index contributed by atoms with van der Waals surface area (Å²) in [6.07, 6.45) is 3.45. The third-order valence-corrected chi connectivity index (χ3v) is 5.12. The number of hydrogen-bond acceptors (Lipinski definition) is 3. The smallest absolute Gasteiger partial charge is 0.328 e. The minimum atomic E-state index is -0.987. The summed E-state index contributed by atoms with van der Waals surface area (Å²) in [6, 6.07) is 24.8. The van der Waals surface area contributed by atoms with Gasteiger partial charge in [-0.25, -0.2) is 4.79 Å². The molecule has 0 aliphatic rings. The second-order valence-electron chi connectivity index (χ2n) is 7.21. The molecule has 0 fully saturated rings. The fraction of sp³-hybridized carbons (Fsp3) is 0.0741. The molecule has 4 heteroatoms. The Kier molecular flexibility index (Phi) is 5.72. The van der Waals surface area contributed by atoms with Crippen LogP contribution < -0.4 is 4.74 Å². The zero-order valence-electron chi connectivity index (χ0n) is 17.1. The van der Waals surface area contributed by atoms with Gasteiger partial charge in [0.2, 0.25) is 0 Å². The molecule has 0 saturated carbocycles. The summed E-state index contributed by atoms with van der Waals surface area (Å²) >= 11 is 0. The van der Waals surface area contributed by atoms with Crippen LogP contribution >= 0.6 is 0 Å². The summed E-state index contributed by atoms with van der Waals surface area (Å²) in [5.41, 5.74) is 3.98. The number of carboxylic acids is 1. The first-order chi connectivity index (χ1) is 15.0. The third kappa shape index (κ3) is 4.43. The zero-order chi connectivity index (χ0) is 21.8. The van der Waals surface area contributed by atoms with E-state index in [2.05, 4.69) is 25.1 Å². The number of ether oxygens (including phenoxy) is 1. The van der Waals surface area contributed by atoms with Gasteiger partial charge in [0.1, 0.15) is 17.2 Å². The quantitative estimate of drug-likeness (QED) is 0.349. The van der Waals surface area contributed by atoms with Gasteiger partial charge in [0.15, 0.2) is 0 Å². The SMILES string of the molecule is CCc1cc2cc(O)ccc2c(Oc2ccc(/C=C/C(=O)O)cc2)c1-c1ccccc1. The number of aryl methyl sites for hydroxylation is 1. The first-order valence-electron chi connectivity index (χ1n) is 10.1. The van der Waals surface area contributed by atoms with Gasteiger partial charge < -0.3 is 14.9 Å². The van der Waals surface area contributed by atoms with Crippen molar-refractivity contribution in [1.82, 2.24) is 0 Å². The molecule has 2 N–H and O–H groups in total. The number of carboxylic acid groups (broad SMARTS) is 1. The Labute approximate surface area is 180 Å². The van der Waals surface area contributed by atoms with Crippen molar-refractivity contribution in [3.05, 3.63) is 96.1 Å². The minimum absolute atomic E-state index is 0.211. The maximum Gasteiger partial charge on any atom is 0.328 e. The standard InChI is InChI=1S/C27H22O4/c1-2-19-16-21-17-22(28)11-14-24(21)27(26(19)20-6-4-3-5-7-20)31-23-12-8-18(9-13-23)10-15-25(29)30/h3-17,28H,2H2,1H3,(H,29,30)/b15-10+. The summed E-state index contributed by atoms with van der Waals surface area (Å²) in [5.74, 6) is 0.600. The van der Waals surface area contributed by atoms with Gasteiger partial charge in [-0.2, -0.15) is 0 Å². The fourth-order valence-electron chi connectivity index (χ4n) is 3.66. The van der Waals surface area contributed by atoms with E-state index in [9.17, 15) is 9.90 Å². The van der Waals surface area contributed by atoms with Crippen LogP contribution in [0.1, 0.15) is 18.1 Å². The van der Waals surface area contributed by atoms with Crippen molar-refractivity contribution in [2.45, 2.75) is 13.3 Å². The van der Waals surface area contributed by atoms with Crippen LogP contribution in [-0.2, 0) is 11.2 Å². The molecule has 4 rings (SSSR count). The molecule has 0 amide bonds. The van der Waals surface area contributed by atoms with Crippen molar-refractivity contribution in [1.29, 1.82) is 0 Å². The Balaban J connectivity index is 1.86. The number of aliphatic carboxylic acids is 1. The van der Waals surface area contributed by atoms with Crippen LogP contribution in [0.25, 0.3) is 28.0 Å². The number of aromatic hydroxyl groups is 1. The average molecular weight is 410 g/mol. The van der Waals surface area contributed by atoms with Crippen LogP contribution in [0.2, 0.25) is 0 Å². The summed E-state index contributed by atoms with van der Waals surface area (Å²) in [4.78, 5) is 10.7. The largest absolute Gasteiger partial charge is 0.508 e. The number of phenols is 1. The predicted molar refractivity (Wildman–Crippen MR) is 124 cm³/mol. The topological polar surface area (TPSA) is 66.8 Å². The lowest BCUT2D eigenvalue weighted by Gasteiger charge is -2.18. The number of carbonyl (C=O) groups is 1. The Morgan fingerprint density at radius 1 is 0.968 bits per heavy atom. The normalized spacial score (nSPS) is 11.1. The molecule has 0 heterocycles. The van der Waals surface area contributed by atoms with Crippen molar-refractivity contribution in [3.63, 3.8) is 0 Å². The van der Waals surface area contributed by atoms with E-state index >= 15 is 0 Å². The van der Waals surface area contributed by atoms with Crippen molar-refractivity contribution in [3.8, 4) is 28.4 Å². The summed E-state index contributed by atoms with van der Waals surface area (Å²) in [7, 11) is 0. The number of rotatable bonds is 6. The van der Waals surface area contributed by atoms with Gasteiger partial charge in [-0.3, -0.25) is 0 Å². The van der Waals surface area contributed by atoms with Crippen molar-refractivity contribution < 1.29 is 19.7 Å². The molecule has 0 aliphatic carbocycles. The number of benzene rings is 4. The molecule has 4 aromatic rings. The first-order valence-corrected chi connectivity index (χ1v) is 10.1. The van der Waals surface area contributed by atoms with Gasteiger partial charge >= 0.3 is 5.97 Å². The Morgan fingerprint density at radius 2 is 1.71 bits per heavy atom. The zero-order valence-corrected chi connectivity index (χ0v) is 17.1. The van der Waals surface area contributed by atoms with Gasteiger partial charge in [0.05, 0.1) is 0 Å². The van der Waals surface area contributed by atoms with E-state index in [4.69, 9.17) is 9.84 Å². The Hall–Kier alpha value is -4.05. The molecule has 0 aromatic heterocycles. The monoisotopic (exact) mass is 410 g/mol. The lowest BCUT2D eigenvalue weighted by Crippen LogP contribution is -1.96. The van der Waals surface area contributed by atoms with E-state index < -0.39 is 5.97 Å². The maximum atomic E-state index is 10.7. The Bertz CT molecular complexity index is 1260. The lowest BCUT2D eigenvalue weighted by molar-refractivity contribution is -0.131. The second kappa shape index (κ2) is 8.76. The average Bonchev–Trinajstić information content (AvgIpc) is 2.78. The van der Waals surface area contributed by atoms with Crippen molar-refractivity contribution in [2.24, 2.45) is 0 Å². The first kappa shape index (κ1) is 20.2. The van der Waals surface area contributed by atoms with Gasteiger partial charge in [0.25, 0.3) is 0 Å². The van der Waals surface area contributed by atoms with E-state index in [0.29, 0.717) is 5.75 Å². The predicted octanol–water partition coefficient (Wildman–Crippen LogP) is 6.66. The summed E-state index contributed by atoms with van der Waals surface area (Å²) < 4.78 is 6.42. The van der Waals surface area contributed by atoms with E-state index in [1.807, 2.05) is 48.5 Å². The molecule has 154 valence electrons. The highest BCUT2D eigenvalue weighted by Crippen LogP contribution is 2.43. The molecular weight excluding hydrogens is 388 g/mol. The lowest BCUT2D eigenvalue weighted by atomic mass is 9.92.